The number of hydrogen-bond acceptors (Lipinski definition) is 2. The Morgan fingerprint density at radius 1 is 1.53 bits per heavy atom. The summed E-state index contributed by atoms with van der Waals surface area (Å²) in [5.41, 5.74) is 7.26. The molecule has 98 valence electrons. The Hall–Kier alpha value is -1.80. The number of nitrogen functional groups attached to an aromatic ring is 1. The van der Waals surface area contributed by atoms with Crippen molar-refractivity contribution in [2.24, 2.45) is 0 Å². The van der Waals surface area contributed by atoms with Crippen LogP contribution in [0.5, 0.6) is 0 Å². The van der Waals surface area contributed by atoms with Gasteiger partial charge in [0.1, 0.15) is 23.2 Å². The zero-order valence-corrected chi connectivity index (χ0v) is 12.0. The van der Waals surface area contributed by atoms with E-state index in [0.717, 1.165) is 10.3 Å². The summed E-state index contributed by atoms with van der Waals surface area (Å²) in [4.78, 5) is 4.46. The largest absolute Gasteiger partial charge is 0.383 e. The number of rotatable bonds is 3. The van der Waals surface area contributed by atoms with Gasteiger partial charge in [-0.25, -0.2) is 9.37 Å². The predicted molar refractivity (Wildman–Crippen MR) is 77.9 cm³/mol. The molecule has 0 unspecified atom stereocenters. The minimum atomic E-state index is -0.331. The van der Waals surface area contributed by atoms with Crippen molar-refractivity contribution in [2.45, 2.75) is 19.9 Å². The van der Waals surface area contributed by atoms with Crippen molar-refractivity contribution in [2.75, 3.05) is 5.73 Å². The average Bonchev–Trinajstić information content (AvgIpc) is 2.70. The number of nitrogens with two attached hydrogens (primary N) is 1. The molecular weight excluding hydrogens is 309 g/mol. The Kier molecular flexibility index (Phi) is 3.91. The van der Waals surface area contributed by atoms with Crippen LogP contribution < -0.4 is 5.73 Å². The van der Waals surface area contributed by atoms with Crippen LogP contribution in [0, 0.1) is 18.2 Å². The summed E-state index contributed by atoms with van der Waals surface area (Å²) < 4.78 is 15.9. The first kappa shape index (κ1) is 13.6. The van der Waals surface area contributed by atoms with Gasteiger partial charge in [0.25, 0.3) is 0 Å². The van der Waals surface area contributed by atoms with Crippen LogP contribution in [-0.4, -0.2) is 9.55 Å². The molecule has 0 amide bonds. The Balaban J connectivity index is 2.63. The molecule has 2 aromatic rings. The zero-order chi connectivity index (χ0) is 14.0. The Morgan fingerprint density at radius 3 is 2.89 bits per heavy atom. The second kappa shape index (κ2) is 5.45. The molecule has 5 heteroatoms. The van der Waals surface area contributed by atoms with Gasteiger partial charge in [0, 0.05) is 16.5 Å². The number of benzene rings is 1. The van der Waals surface area contributed by atoms with Crippen LogP contribution in [-0.2, 0) is 13.0 Å². The number of halogens is 2. The number of aryl methyl sites for hydroxylation is 1. The van der Waals surface area contributed by atoms with Crippen molar-refractivity contribution in [1.82, 2.24) is 9.55 Å². The van der Waals surface area contributed by atoms with Crippen LogP contribution in [0.1, 0.15) is 12.7 Å². The van der Waals surface area contributed by atoms with Crippen molar-refractivity contribution in [1.29, 1.82) is 0 Å². The summed E-state index contributed by atoms with van der Waals surface area (Å²) in [6, 6.07) is 4.42. The number of imidazole rings is 1. The highest BCUT2D eigenvalue weighted by Crippen LogP contribution is 2.33. The first-order valence-corrected chi connectivity index (χ1v) is 6.61. The molecule has 1 heterocycles. The van der Waals surface area contributed by atoms with Gasteiger partial charge < -0.3 is 10.3 Å². The van der Waals surface area contributed by atoms with Crippen LogP contribution in [0.3, 0.4) is 0 Å². The normalized spacial score (nSPS) is 10.4. The van der Waals surface area contributed by atoms with E-state index in [2.05, 4.69) is 26.8 Å². The number of nitrogens with zero attached hydrogens (tertiary/aromatic N) is 2. The van der Waals surface area contributed by atoms with Crippen molar-refractivity contribution in [3.05, 3.63) is 34.3 Å². The lowest BCUT2D eigenvalue weighted by Crippen LogP contribution is -2.05. The van der Waals surface area contributed by atoms with Gasteiger partial charge in [0.2, 0.25) is 0 Å². The van der Waals surface area contributed by atoms with E-state index in [4.69, 9.17) is 12.2 Å². The second-order valence-electron chi connectivity index (χ2n) is 4.03. The number of hydrogen-bond donors (Lipinski definition) is 1. The molecular formula is C14H13BrFN3. The van der Waals surface area contributed by atoms with Gasteiger partial charge in [-0.2, -0.15) is 0 Å². The molecule has 0 radical (unpaired) electrons. The van der Waals surface area contributed by atoms with Crippen molar-refractivity contribution in [3.63, 3.8) is 0 Å². The Bertz CT molecular complexity index is 655. The standard InChI is InChI=1S/C14H13BrFN3/c1-3-7-19-12(4-2)18-13(14(19)17)10-8-9(16)5-6-11(10)15/h1,5-6,8H,4,7,17H2,2H3. The van der Waals surface area contributed by atoms with Crippen LogP contribution in [0.2, 0.25) is 0 Å². The fraction of sp³-hybridized carbons (Fsp3) is 0.214. The summed E-state index contributed by atoms with van der Waals surface area (Å²) in [5, 5.41) is 0. The Morgan fingerprint density at radius 2 is 2.26 bits per heavy atom. The highest BCUT2D eigenvalue weighted by Gasteiger charge is 2.17. The third-order valence-electron chi connectivity index (χ3n) is 2.84. The maximum atomic E-state index is 13.4. The molecule has 0 bridgehead atoms. The van der Waals surface area contributed by atoms with Gasteiger partial charge in [-0.15, -0.1) is 6.42 Å². The summed E-state index contributed by atoms with van der Waals surface area (Å²) in [7, 11) is 0. The number of anilines is 1. The molecule has 1 aromatic heterocycles. The lowest BCUT2D eigenvalue weighted by molar-refractivity contribution is 0.628. The third kappa shape index (κ3) is 2.49. The minimum absolute atomic E-state index is 0.331. The third-order valence-corrected chi connectivity index (χ3v) is 3.53. The van der Waals surface area contributed by atoms with Crippen LogP contribution >= 0.6 is 15.9 Å². The smallest absolute Gasteiger partial charge is 0.132 e. The Labute approximate surface area is 119 Å². The van der Waals surface area contributed by atoms with Gasteiger partial charge in [-0.1, -0.05) is 28.8 Å². The van der Waals surface area contributed by atoms with Crippen LogP contribution in [0.4, 0.5) is 10.2 Å². The minimum Gasteiger partial charge on any atom is -0.383 e. The van der Waals surface area contributed by atoms with Crippen molar-refractivity contribution < 1.29 is 4.39 Å². The van der Waals surface area contributed by atoms with Gasteiger partial charge in [-0.3, -0.25) is 0 Å². The van der Waals surface area contributed by atoms with Crippen molar-refractivity contribution >= 4 is 21.7 Å². The molecule has 0 aliphatic rings. The zero-order valence-electron chi connectivity index (χ0n) is 10.5. The van der Waals surface area contributed by atoms with Gasteiger partial charge in [0.05, 0.1) is 6.54 Å². The topological polar surface area (TPSA) is 43.8 Å². The first-order valence-electron chi connectivity index (χ1n) is 5.82. The van der Waals surface area contributed by atoms with E-state index >= 15 is 0 Å². The molecule has 2 rings (SSSR count). The molecule has 2 N–H and O–H groups in total. The summed E-state index contributed by atoms with van der Waals surface area (Å²) in [6.45, 7) is 2.33. The molecule has 0 fully saturated rings. The van der Waals surface area contributed by atoms with E-state index in [-0.39, 0.29) is 5.82 Å². The predicted octanol–water partition coefficient (Wildman–Crippen LogP) is 3.23. The number of aromatic nitrogens is 2. The molecule has 0 aliphatic carbocycles. The molecule has 0 aliphatic heterocycles. The number of terminal acetylenes is 1. The summed E-state index contributed by atoms with van der Waals surface area (Å²) in [6.07, 6.45) is 6.04. The maximum Gasteiger partial charge on any atom is 0.132 e. The molecule has 0 atom stereocenters. The van der Waals surface area contributed by atoms with Crippen LogP contribution in [0.15, 0.2) is 22.7 Å². The first-order chi connectivity index (χ1) is 9.08. The molecule has 0 saturated carbocycles. The van der Waals surface area contributed by atoms with E-state index in [9.17, 15) is 4.39 Å². The molecule has 1 aromatic carbocycles. The van der Waals surface area contributed by atoms with Gasteiger partial charge in [0.15, 0.2) is 0 Å². The summed E-state index contributed by atoms with van der Waals surface area (Å²) in [5.74, 6) is 3.47. The molecule has 0 spiro atoms. The van der Waals surface area contributed by atoms with Crippen molar-refractivity contribution in [3.8, 4) is 23.6 Å². The van der Waals surface area contributed by atoms with E-state index in [1.54, 1.807) is 10.6 Å². The molecule has 19 heavy (non-hydrogen) atoms. The highest BCUT2D eigenvalue weighted by molar-refractivity contribution is 9.10. The van der Waals surface area contributed by atoms with E-state index in [1.807, 2.05) is 6.92 Å². The quantitative estimate of drug-likeness (QED) is 0.882. The van der Waals surface area contributed by atoms with E-state index < -0.39 is 0 Å². The van der Waals surface area contributed by atoms with E-state index in [0.29, 0.717) is 30.0 Å². The molecule has 3 nitrogen and oxygen atoms in total. The highest BCUT2D eigenvalue weighted by atomic mass is 79.9. The molecule has 0 saturated heterocycles. The fourth-order valence-electron chi connectivity index (χ4n) is 1.93. The average molecular weight is 322 g/mol. The SMILES string of the molecule is C#CCn1c(CC)nc(-c2cc(F)ccc2Br)c1N. The lowest BCUT2D eigenvalue weighted by Gasteiger charge is -2.05. The lowest BCUT2D eigenvalue weighted by atomic mass is 10.1. The fourth-order valence-corrected chi connectivity index (χ4v) is 2.36. The maximum absolute atomic E-state index is 13.4. The second-order valence-corrected chi connectivity index (χ2v) is 4.88. The summed E-state index contributed by atoms with van der Waals surface area (Å²) >= 11 is 3.38. The monoisotopic (exact) mass is 321 g/mol. The van der Waals surface area contributed by atoms with Gasteiger partial charge >= 0.3 is 0 Å². The van der Waals surface area contributed by atoms with Crippen LogP contribution in [0.25, 0.3) is 11.3 Å². The van der Waals surface area contributed by atoms with E-state index in [1.165, 1.54) is 12.1 Å². The van der Waals surface area contributed by atoms with Gasteiger partial charge in [-0.05, 0) is 18.2 Å².